The fourth-order valence-corrected chi connectivity index (χ4v) is 1.80. The fraction of sp³-hybridized carbons (Fsp3) is 0.333. The van der Waals surface area contributed by atoms with Crippen LogP contribution in [0.15, 0.2) is 24.3 Å². The Kier molecular flexibility index (Phi) is 3.26. The molecule has 0 saturated carbocycles. The highest BCUT2D eigenvalue weighted by Crippen LogP contribution is 2.23. The van der Waals surface area contributed by atoms with E-state index in [-0.39, 0.29) is 5.91 Å². The molecule has 1 heterocycles. The van der Waals surface area contributed by atoms with Crippen molar-refractivity contribution in [3.05, 3.63) is 29.8 Å². The molecule has 17 heavy (non-hydrogen) atoms. The Morgan fingerprint density at radius 1 is 1.47 bits per heavy atom. The maximum atomic E-state index is 11.1. The third-order valence-corrected chi connectivity index (χ3v) is 2.71. The van der Waals surface area contributed by atoms with Gasteiger partial charge in [-0.05, 0) is 17.7 Å². The van der Waals surface area contributed by atoms with Crippen molar-refractivity contribution >= 4 is 5.91 Å². The second-order valence-electron chi connectivity index (χ2n) is 3.78. The van der Waals surface area contributed by atoms with Gasteiger partial charge in [-0.25, -0.2) is 0 Å². The van der Waals surface area contributed by atoms with Gasteiger partial charge in [0.05, 0.1) is 13.2 Å². The van der Waals surface area contributed by atoms with Crippen molar-refractivity contribution in [3.63, 3.8) is 0 Å². The van der Waals surface area contributed by atoms with Gasteiger partial charge >= 0.3 is 0 Å². The van der Waals surface area contributed by atoms with Crippen molar-refractivity contribution in [1.29, 1.82) is 5.26 Å². The van der Waals surface area contributed by atoms with Gasteiger partial charge in [-0.3, -0.25) is 10.2 Å². The molecule has 88 valence electrons. The summed E-state index contributed by atoms with van der Waals surface area (Å²) >= 11 is 0. The third-order valence-electron chi connectivity index (χ3n) is 2.71. The maximum absolute atomic E-state index is 11.1. The third kappa shape index (κ3) is 2.37. The van der Waals surface area contributed by atoms with Gasteiger partial charge in [0, 0.05) is 13.0 Å². The minimum absolute atomic E-state index is 0.0428. The molecule has 1 amide bonds. The Bertz CT molecular complexity index is 450. The number of ether oxygens (including phenoxy) is 1. The molecule has 2 rings (SSSR count). The van der Waals surface area contributed by atoms with Crippen LogP contribution in [-0.2, 0) is 4.79 Å². The van der Waals surface area contributed by atoms with E-state index in [1.54, 1.807) is 24.3 Å². The Hall–Kier alpha value is -2.06. The Balaban J connectivity index is 2.17. The lowest BCUT2D eigenvalue weighted by Crippen LogP contribution is -2.36. The number of nitrogens with one attached hydrogen (secondary N) is 1. The number of hydrogen-bond acceptors (Lipinski definition) is 4. The second-order valence-corrected chi connectivity index (χ2v) is 3.78. The minimum atomic E-state index is -0.452. The van der Waals surface area contributed by atoms with Gasteiger partial charge in [0.15, 0.2) is 0 Å². The number of hydrazine groups is 1. The molecule has 0 spiro atoms. The molecule has 0 radical (unpaired) electrons. The SMILES string of the molecule is COc1ccc([C@H](C#N)N2CCC(=O)N2)cc1. The van der Waals surface area contributed by atoms with Crippen LogP contribution in [-0.4, -0.2) is 24.6 Å². The van der Waals surface area contributed by atoms with E-state index in [9.17, 15) is 10.1 Å². The lowest BCUT2D eigenvalue weighted by Gasteiger charge is -2.21. The van der Waals surface area contributed by atoms with Crippen LogP contribution in [0.3, 0.4) is 0 Å². The quantitative estimate of drug-likeness (QED) is 0.842. The number of methoxy groups -OCH3 is 1. The zero-order chi connectivity index (χ0) is 12.3. The first-order valence-electron chi connectivity index (χ1n) is 5.34. The first-order chi connectivity index (χ1) is 8.24. The number of amides is 1. The van der Waals surface area contributed by atoms with Crippen molar-refractivity contribution < 1.29 is 9.53 Å². The van der Waals surface area contributed by atoms with Crippen LogP contribution in [0.1, 0.15) is 18.0 Å². The van der Waals surface area contributed by atoms with E-state index >= 15 is 0 Å². The molecule has 0 unspecified atom stereocenters. The van der Waals surface area contributed by atoms with Crippen LogP contribution >= 0.6 is 0 Å². The van der Waals surface area contributed by atoms with Crippen molar-refractivity contribution in [3.8, 4) is 11.8 Å². The molecular formula is C12H13N3O2. The van der Waals surface area contributed by atoms with Gasteiger partial charge in [0.2, 0.25) is 5.91 Å². The first kappa shape index (κ1) is 11.4. The monoisotopic (exact) mass is 231 g/mol. The molecule has 1 aromatic carbocycles. The summed E-state index contributed by atoms with van der Waals surface area (Å²) in [6, 6.07) is 9.00. The summed E-state index contributed by atoms with van der Waals surface area (Å²) in [7, 11) is 1.59. The smallest absolute Gasteiger partial charge is 0.235 e. The molecule has 0 aromatic heterocycles. The van der Waals surface area contributed by atoms with Crippen molar-refractivity contribution in [2.75, 3.05) is 13.7 Å². The molecule has 1 aliphatic rings. The van der Waals surface area contributed by atoms with Gasteiger partial charge in [-0.1, -0.05) is 12.1 Å². The molecule has 0 bridgehead atoms. The first-order valence-corrected chi connectivity index (χ1v) is 5.34. The minimum Gasteiger partial charge on any atom is -0.497 e. The average Bonchev–Trinajstić information content (AvgIpc) is 2.78. The number of nitrogens with zero attached hydrogens (tertiary/aromatic N) is 2. The van der Waals surface area contributed by atoms with E-state index in [0.29, 0.717) is 13.0 Å². The summed E-state index contributed by atoms with van der Waals surface area (Å²) in [6.07, 6.45) is 0.439. The summed E-state index contributed by atoms with van der Waals surface area (Å²) in [5.74, 6) is 0.703. The summed E-state index contributed by atoms with van der Waals surface area (Å²) < 4.78 is 5.06. The van der Waals surface area contributed by atoms with Crippen LogP contribution in [0.25, 0.3) is 0 Å². The van der Waals surface area contributed by atoms with E-state index in [1.165, 1.54) is 0 Å². The molecule has 1 aromatic rings. The standard InChI is InChI=1S/C12H13N3O2/c1-17-10-4-2-9(3-5-10)11(8-13)15-7-6-12(16)14-15/h2-5,11H,6-7H2,1H3,(H,14,16)/t11-/m0/s1. The normalized spacial score (nSPS) is 17.3. The summed E-state index contributed by atoms with van der Waals surface area (Å²) in [4.78, 5) is 11.1. The van der Waals surface area contributed by atoms with Crippen LogP contribution in [0.2, 0.25) is 0 Å². The Morgan fingerprint density at radius 3 is 2.65 bits per heavy atom. The molecular weight excluding hydrogens is 218 g/mol. The van der Waals surface area contributed by atoms with Gasteiger partial charge < -0.3 is 4.74 Å². The zero-order valence-corrected chi connectivity index (χ0v) is 9.51. The molecule has 1 aliphatic heterocycles. The van der Waals surface area contributed by atoms with Crippen LogP contribution in [0, 0.1) is 11.3 Å². The number of rotatable bonds is 3. The van der Waals surface area contributed by atoms with Gasteiger partial charge in [0.1, 0.15) is 11.8 Å². The van der Waals surface area contributed by atoms with Crippen molar-refractivity contribution in [1.82, 2.24) is 10.4 Å². The second kappa shape index (κ2) is 4.85. The number of carbonyl (C=O) groups is 1. The topological polar surface area (TPSA) is 65.4 Å². The van der Waals surface area contributed by atoms with Crippen molar-refractivity contribution in [2.24, 2.45) is 0 Å². The highest BCUT2D eigenvalue weighted by Gasteiger charge is 2.27. The predicted octanol–water partition coefficient (Wildman–Crippen LogP) is 0.997. The van der Waals surface area contributed by atoms with E-state index in [1.807, 2.05) is 12.1 Å². The van der Waals surface area contributed by atoms with E-state index in [4.69, 9.17) is 4.74 Å². The summed E-state index contributed by atoms with van der Waals surface area (Å²) in [6.45, 7) is 0.559. The lowest BCUT2D eigenvalue weighted by atomic mass is 10.1. The van der Waals surface area contributed by atoms with Gasteiger partial charge in [0.25, 0.3) is 0 Å². The van der Waals surface area contributed by atoms with Gasteiger partial charge in [-0.15, -0.1) is 0 Å². The molecule has 1 atom stereocenters. The number of benzene rings is 1. The molecule has 0 aliphatic carbocycles. The number of carbonyl (C=O) groups excluding carboxylic acids is 1. The summed E-state index contributed by atoms with van der Waals surface area (Å²) in [5.41, 5.74) is 3.52. The number of nitriles is 1. The highest BCUT2D eigenvalue weighted by atomic mass is 16.5. The summed E-state index contributed by atoms with van der Waals surface area (Å²) in [5, 5.41) is 10.8. The van der Waals surface area contributed by atoms with E-state index in [0.717, 1.165) is 11.3 Å². The molecule has 1 saturated heterocycles. The van der Waals surface area contributed by atoms with Crippen LogP contribution < -0.4 is 10.2 Å². The van der Waals surface area contributed by atoms with Crippen LogP contribution in [0.5, 0.6) is 5.75 Å². The van der Waals surface area contributed by atoms with Crippen LogP contribution in [0.4, 0.5) is 0 Å². The molecule has 5 heteroatoms. The molecule has 1 N–H and O–H groups in total. The lowest BCUT2D eigenvalue weighted by molar-refractivity contribution is -0.121. The molecule has 1 fully saturated rings. The van der Waals surface area contributed by atoms with Gasteiger partial charge in [-0.2, -0.15) is 10.3 Å². The van der Waals surface area contributed by atoms with E-state index < -0.39 is 6.04 Å². The predicted molar refractivity (Wildman–Crippen MR) is 60.8 cm³/mol. The average molecular weight is 231 g/mol. The Morgan fingerprint density at radius 2 is 2.18 bits per heavy atom. The zero-order valence-electron chi connectivity index (χ0n) is 9.51. The highest BCUT2D eigenvalue weighted by molar-refractivity contribution is 5.77. The Labute approximate surface area is 99.6 Å². The number of hydrogen-bond donors (Lipinski definition) is 1. The van der Waals surface area contributed by atoms with Crippen molar-refractivity contribution in [2.45, 2.75) is 12.5 Å². The fourth-order valence-electron chi connectivity index (χ4n) is 1.80. The molecule has 5 nitrogen and oxygen atoms in total. The maximum Gasteiger partial charge on any atom is 0.235 e. The largest absolute Gasteiger partial charge is 0.497 e. The van der Waals surface area contributed by atoms with E-state index in [2.05, 4.69) is 11.5 Å².